The molecule has 1 N–H and O–H groups in total. The Morgan fingerprint density at radius 3 is 2.38 bits per heavy atom. The summed E-state index contributed by atoms with van der Waals surface area (Å²) in [5.74, 6) is -2.85. The van der Waals surface area contributed by atoms with Gasteiger partial charge >= 0.3 is 0 Å². The van der Waals surface area contributed by atoms with Crippen LogP contribution in [-0.2, 0) is 9.59 Å². The molecular formula is C10H4BrF2NO2. The van der Waals surface area contributed by atoms with Gasteiger partial charge < -0.3 is 0 Å². The van der Waals surface area contributed by atoms with Crippen molar-refractivity contribution in [3.8, 4) is 0 Å². The van der Waals surface area contributed by atoms with Crippen molar-refractivity contribution in [2.45, 2.75) is 0 Å². The van der Waals surface area contributed by atoms with Gasteiger partial charge in [0.05, 0.1) is 10.0 Å². The molecule has 0 saturated carbocycles. The molecule has 0 bridgehead atoms. The van der Waals surface area contributed by atoms with Crippen molar-refractivity contribution < 1.29 is 18.4 Å². The number of halogens is 3. The van der Waals surface area contributed by atoms with Crippen molar-refractivity contribution in [1.82, 2.24) is 5.32 Å². The molecule has 0 atom stereocenters. The number of imide groups is 1. The molecule has 0 unspecified atom stereocenters. The molecule has 0 aromatic heterocycles. The van der Waals surface area contributed by atoms with Crippen molar-refractivity contribution in [2.75, 3.05) is 0 Å². The Bertz CT molecular complexity index is 540. The van der Waals surface area contributed by atoms with Gasteiger partial charge in [-0.3, -0.25) is 14.9 Å². The normalized spacial score (nSPS) is 15.1. The summed E-state index contributed by atoms with van der Waals surface area (Å²) in [5.41, 5.74) is -0.405. The van der Waals surface area contributed by atoms with Gasteiger partial charge in [0, 0.05) is 11.6 Å². The van der Waals surface area contributed by atoms with E-state index >= 15 is 0 Å². The zero-order valence-electron chi connectivity index (χ0n) is 7.68. The zero-order chi connectivity index (χ0) is 11.9. The van der Waals surface area contributed by atoms with Crippen LogP contribution in [0.3, 0.4) is 0 Å². The van der Waals surface area contributed by atoms with Crippen LogP contribution in [0, 0.1) is 11.6 Å². The van der Waals surface area contributed by atoms with Crippen LogP contribution in [0.25, 0.3) is 5.57 Å². The number of benzene rings is 1. The number of carbonyl (C=O) groups excluding carboxylic acids is 2. The Balaban J connectivity index is 2.57. The number of nitrogens with one attached hydrogen (secondary N) is 1. The first-order valence-corrected chi connectivity index (χ1v) is 5.00. The Morgan fingerprint density at radius 1 is 1.12 bits per heavy atom. The Labute approximate surface area is 97.3 Å². The summed E-state index contributed by atoms with van der Waals surface area (Å²) in [6.45, 7) is 0. The second kappa shape index (κ2) is 3.79. The summed E-state index contributed by atoms with van der Waals surface area (Å²) in [7, 11) is 0. The van der Waals surface area contributed by atoms with E-state index in [1.54, 1.807) is 0 Å². The SMILES string of the molecule is O=C1C=C(c2cc(F)c(Br)cc2F)C(=O)N1. The highest BCUT2D eigenvalue weighted by atomic mass is 79.9. The minimum Gasteiger partial charge on any atom is -0.289 e. The van der Waals surface area contributed by atoms with Crippen LogP contribution in [0.15, 0.2) is 22.7 Å². The molecule has 2 amide bonds. The first kappa shape index (κ1) is 10.9. The van der Waals surface area contributed by atoms with Gasteiger partial charge in [0.1, 0.15) is 11.6 Å². The molecule has 3 nitrogen and oxygen atoms in total. The lowest BCUT2D eigenvalue weighted by molar-refractivity contribution is -0.123. The van der Waals surface area contributed by atoms with Crippen LogP contribution in [0.2, 0.25) is 0 Å². The first-order valence-electron chi connectivity index (χ1n) is 4.21. The molecule has 1 aliphatic heterocycles. The molecule has 0 fully saturated rings. The van der Waals surface area contributed by atoms with Crippen molar-refractivity contribution in [1.29, 1.82) is 0 Å². The van der Waals surface area contributed by atoms with Crippen LogP contribution in [0.4, 0.5) is 8.78 Å². The smallest absolute Gasteiger partial charge is 0.259 e. The van der Waals surface area contributed by atoms with Gasteiger partial charge in [-0.25, -0.2) is 8.78 Å². The lowest BCUT2D eigenvalue weighted by Crippen LogP contribution is -2.22. The van der Waals surface area contributed by atoms with E-state index in [1.165, 1.54) is 0 Å². The van der Waals surface area contributed by atoms with Crippen molar-refractivity contribution >= 4 is 33.3 Å². The molecule has 1 aromatic rings. The minimum absolute atomic E-state index is 0.0425. The molecule has 0 saturated heterocycles. The fourth-order valence-electron chi connectivity index (χ4n) is 1.34. The van der Waals surface area contributed by atoms with Gasteiger partial charge in [0.25, 0.3) is 11.8 Å². The first-order chi connectivity index (χ1) is 7.49. The number of hydrogen-bond acceptors (Lipinski definition) is 2. The van der Waals surface area contributed by atoms with Crippen molar-refractivity contribution in [2.24, 2.45) is 0 Å². The third kappa shape index (κ3) is 1.76. The molecule has 0 radical (unpaired) electrons. The van der Waals surface area contributed by atoms with E-state index in [9.17, 15) is 18.4 Å². The fraction of sp³-hybridized carbons (Fsp3) is 0. The highest BCUT2D eigenvalue weighted by molar-refractivity contribution is 9.10. The quantitative estimate of drug-likeness (QED) is 0.632. The van der Waals surface area contributed by atoms with Crippen LogP contribution in [-0.4, -0.2) is 11.8 Å². The van der Waals surface area contributed by atoms with E-state index in [0.29, 0.717) is 0 Å². The summed E-state index contributed by atoms with van der Waals surface area (Å²) in [5, 5.41) is 1.96. The minimum atomic E-state index is -0.774. The highest BCUT2D eigenvalue weighted by Gasteiger charge is 2.25. The maximum Gasteiger partial charge on any atom is 0.259 e. The second-order valence-electron chi connectivity index (χ2n) is 3.12. The van der Waals surface area contributed by atoms with E-state index in [-0.39, 0.29) is 15.6 Å². The maximum atomic E-state index is 13.5. The summed E-state index contributed by atoms with van der Waals surface area (Å²) in [4.78, 5) is 22.1. The number of rotatable bonds is 1. The third-order valence-corrected chi connectivity index (χ3v) is 2.66. The molecule has 2 rings (SSSR count). The van der Waals surface area contributed by atoms with Crippen molar-refractivity contribution in [3.05, 3.63) is 39.9 Å². The molecule has 1 heterocycles. The van der Waals surface area contributed by atoms with Crippen LogP contribution < -0.4 is 5.32 Å². The van der Waals surface area contributed by atoms with Gasteiger partial charge in [0.2, 0.25) is 0 Å². The Kier molecular flexibility index (Phi) is 2.59. The molecule has 0 aliphatic carbocycles. The number of amides is 2. The molecule has 16 heavy (non-hydrogen) atoms. The topological polar surface area (TPSA) is 46.2 Å². The van der Waals surface area contributed by atoms with Gasteiger partial charge in [-0.2, -0.15) is 0 Å². The predicted octanol–water partition coefficient (Wildman–Crippen LogP) is 1.77. The highest BCUT2D eigenvalue weighted by Crippen LogP contribution is 2.26. The standard InChI is InChI=1S/C10H4BrF2NO2/c11-6-3-7(12)4(1-8(6)13)5-2-9(15)14-10(5)16/h1-3H,(H,14,15,16). The lowest BCUT2D eigenvalue weighted by Gasteiger charge is -2.03. The third-order valence-electron chi connectivity index (χ3n) is 2.06. The molecule has 1 aliphatic rings. The predicted molar refractivity (Wildman–Crippen MR) is 55.2 cm³/mol. The van der Waals surface area contributed by atoms with Crippen LogP contribution in [0.1, 0.15) is 5.56 Å². The van der Waals surface area contributed by atoms with Gasteiger partial charge in [-0.1, -0.05) is 0 Å². The maximum absolute atomic E-state index is 13.5. The fourth-order valence-corrected chi connectivity index (χ4v) is 1.66. The lowest BCUT2D eigenvalue weighted by atomic mass is 10.1. The average molecular weight is 288 g/mol. The van der Waals surface area contributed by atoms with Gasteiger partial charge in [0.15, 0.2) is 0 Å². The zero-order valence-corrected chi connectivity index (χ0v) is 9.27. The average Bonchev–Trinajstić information content (AvgIpc) is 2.51. The molecule has 6 heteroatoms. The number of hydrogen-bond donors (Lipinski definition) is 1. The van der Waals surface area contributed by atoms with E-state index in [2.05, 4.69) is 15.9 Å². The Morgan fingerprint density at radius 2 is 1.81 bits per heavy atom. The Hall–Kier alpha value is -1.56. The van der Waals surface area contributed by atoms with Gasteiger partial charge in [-0.15, -0.1) is 0 Å². The van der Waals surface area contributed by atoms with Crippen LogP contribution >= 0.6 is 15.9 Å². The monoisotopic (exact) mass is 287 g/mol. The number of carbonyl (C=O) groups is 2. The second-order valence-corrected chi connectivity index (χ2v) is 3.98. The van der Waals surface area contributed by atoms with Gasteiger partial charge in [-0.05, 0) is 28.1 Å². The summed E-state index contributed by atoms with van der Waals surface area (Å²) < 4.78 is 26.6. The molecule has 82 valence electrons. The van der Waals surface area contributed by atoms with Crippen LogP contribution in [0.5, 0.6) is 0 Å². The van der Waals surface area contributed by atoms with E-state index in [0.717, 1.165) is 18.2 Å². The molecule has 0 spiro atoms. The van der Waals surface area contributed by atoms with Crippen molar-refractivity contribution in [3.63, 3.8) is 0 Å². The molecular weight excluding hydrogens is 284 g/mol. The molecule has 1 aromatic carbocycles. The summed E-state index contributed by atoms with van der Waals surface area (Å²) >= 11 is 2.81. The summed E-state index contributed by atoms with van der Waals surface area (Å²) in [6.07, 6.45) is 0.939. The van der Waals surface area contributed by atoms with E-state index < -0.39 is 23.4 Å². The largest absolute Gasteiger partial charge is 0.289 e. The van der Waals surface area contributed by atoms with E-state index in [4.69, 9.17) is 0 Å². The summed E-state index contributed by atoms with van der Waals surface area (Å²) in [6, 6.07) is 1.77. The van der Waals surface area contributed by atoms with E-state index in [1.807, 2.05) is 5.32 Å².